The standard InChI is InChI=1S/C13H14ClNO2.CH4O/c14-7-1-2-8-17-11-5-3-10-4-6-13(16)15-12(10)9-11;1-2/h3-6,9H,1-2,7-8H2,(H,15,16);2H,1H3. The minimum atomic E-state index is -0.100. The van der Waals surface area contributed by atoms with E-state index in [4.69, 9.17) is 21.4 Å². The van der Waals surface area contributed by atoms with Crippen molar-refractivity contribution in [2.75, 3.05) is 19.6 Å². The second-order valence-corrected chi connectivity index (χ2v) is 4.19. The fourth-order valence-electron chi connectivity index (χ4n) is 1.61. The molecule has 0 saturated heterocycles. The van der Waals surface area contributed by atoms with E-state index in [1.54, 1.807) is 6.07 Å². The highest BCUT2D eigenvalue weighted by molar-refractivity contribution is 6.17. The van der Waals surface area contributed by atoms with Crippen LogP contribution in [-0.2, 0) is 0 Å². The zero-order valence-electron chi connectivity index (χ0n) is 10.9. The van der Waals surface area contributed by atoms with E-state index in [0.717, 1.165) is 36.6 Å². The molecule has 0 amide bonds. The first-order chi connectivity index (χ1) is 9.29. The topological polar surface area (TPSA) is 62.3 Å². The number of aromatic amines is 1. The van der Waals surface area contributed by atoms with Crippen molar-refractivity contribution in [3.8, 4) is 5.75 Å². The van der Waals surface area contributed by atoms with Gasteiger partial charge in [0.2, 0.25) is 5.56 Å². The number of hydrogen-bond donors (Lipinski definition) is 2. The Morgan fingerprint density at radius 2 is 1.95 bits per heavy atom. The van der Waals surface area contributed by atoms with Crippen molar-refractivity contribution in [1.29, 1.82) is 0 Å². The van der Waals surface area contributed by atoms with Crippen molar-refractivity contribution in [2.45, 2.75) is 12.8 Å². The fourth-order valence-corrected chi connectivity index (χ4v) is 1.79. The molecule has 2 rings (SSSR count). The summed E-state index contributed by atoms with van der Waals surface area (Å²) in [6, 6.07) is 9.00. The molecule has 19 heavy (non-hydrogen) atoms. The third-order valence-electron chi connectivity index (χ3n) is 2.49. The van der Waals surface area contributed by atoms with E-state index in [9.17, 15) is 4.79 Å². The molecule has 0 spiro atoms. The predicted molar refractivity (Wildman–Crippen MR) is 78.2 cm³/mol. The highest BCUT2D eigenvalue weighted by Crippen LogP contribution is 2.18. The number of H-pyrrole nitrogens is 1. The van der Waals surface area contributed by atoms with Crippen LogP contribution in [0.3, 0.4) is 0 Å². The molecule has 0 atom stereocenters. The van der Waals surface area contributed by atoms with E-state index in [1.807, 2.05) is 18.2 Å². The lowest BCUT2D eigenvalue weighted by atomic mass is 10.2. The Morgan fingerprint density at radius 3 is 2.68 bits per heavy atom. The summed E-state index contributed by atoms with van der Waals surface area (Å²) in [6.45, 7) is 0.648. The lowest BCUT2D eigenvalue weighted by molar-refractivity contribution is 0.310. The van der Waals surface area contributed by atoms with Gasteiger partial charge in [-0.15, -0.1) is 11.6 Å². The molecule has 2 aromatic rings. The zero-order chi connectivity index (χ0) is 14.1. The molecule has 2 N–H and O–H groups in total. The van der Waals surface area contributed by atoms with Gasteiger partial charge in [-0.05, 0) is 36.4 Å². The molecule has 104 valence electrons. The number of nitrogens with one attached hydrogen (secondary N) is 1. The van der Waals surface area contributed by atoms with Crippen LogP contribution >= 0.6 is 11.6 Å². The average molecular weight is 284 g/mol. The van der Waals surface area contributed by atoms with Crippen molar-refractivity contribution in [2.24, 2.45) is 0 Å². The van der Waals surface area contributed by atoms with Crippen molar-refractivity contribution < 1.29 is 9.84 Å². The van der Waals surface area contributed by atoms with Gasteiger partial charge in [0, 0.05) is 25.1 Å². The lowest BCUT2D eigenvalue weighted by Gasteiger charge is -2.06. The number of unbranched alkanes of at least 4 members (excludes halogenated alkanes) is 1. The van der Waals surface area contributed by atoms with Crippen LogP contribution in [0.5, 0.6) is 5.75 Å². The number of aliphatic hydroxyl groups excluding tert-OH is 1. The second-order valence-electron chi connectivity index (χ2n) is 3.82. The largest absolute Gasteiger partial charge is 0.494 e. The molecule has 1 heterocycles. The van der Waals surface area contributed by atoms with Crippen LogP contribution in [0.1, 0.15) is 12.8 Å². The Labute approximate surface area is 117 Å². The Bertz CT molecular complexity index is 554. The van der Waals surface area contributed by atoms with E-state index >= 15 is 0 Å². The van der Waals surface area contributed by atoms with Gasteiger partial charge < -0.3 is 14.8 Å². The number of alkyl halides is 1. The number of benzene rings is 1. The SMILES string of the molecule is CO.O=c1ccc2ccc(OCCCCCl)cc2[nH]1. The first kappa shape index (κ1) is 15.5. The number of rotatable bonds is 5. The number of hydrogen-bond acceptors (Lipinski definition) is 3. The predicted octanol–water partition coefficient (Wildman–Crippen LogP) is 2.53. The van der Waals surface area contributed by atoms with Crippen molar-refractivity contribution in [1.82, 2.24) is 4.98 Å². The maximum Gasteiger partial charge on any atom is 0.248 e. The summed E-state index contributed by atoms with van der Waals surface area (Å²) in [7, 11) is 1.00. The van der Waals surface area contributed by atoms with Crippen LogP contribution in [0.25, 0.3) is 10.9 Å². The molecule has 0 radical (unpaired) electrons. The molecule has 0 saturated carbocycles. The highest BCUT2D eigenvalue weighted by atomic mass is 35.5. The van der Waals surface area contributed by atoms with Crippen molar-refractivity contribution >= 4 is 22.5 Å². The van der Waals surface area contributed by atoms with E-state index in [1.165, 1.54) is 6.07 Å². The van der Waals surface area contributed by atoms with Gasteiger partial charge in [-0.2, -0.15) is 0 Å². The van der Waals surface area contributed by atoms with Crippen molar-refractivity contribution in [3.63, 3.8) is 0 Å². The number of aliphatic hydroxyl groups is 1. The number of halogens is 1. The summed E-state index contributed by atoms with van der Waals surface area (Å²) >= 11 is 5.58. The molecule has 0 unspecified atom stereocenters. The first-order valence-corrected chi connectivity index (χ1v) is 6.59. The monoisotopic (exact) mass is 283 g/mol. The molecule has 0 aliphatic heterocycles. The number of ether oxygens (including phenoxy) is 1. The van der Waals surface area contributed by atoms with E-state index in [-0.39, 0.29) is 5.56 Å². The van der Waals surface area contributed by atoms with Gasteiger partial charge in [0.15, 0.2) is 0 Å². The van der Waals surface area contributed by atoms with Crippen LogP contribution in [0, 0.1) is 0 Å². The Morgan fingerprint density at radius 1 is 1.21 bits per heavy atom. The van der Waals surface area contributed by atoms with Crippen molar-refractivity contribution in [3.05, 3.63) is 40.7 Å². The molecule has 0 fully saturated rings. The van der Waals surface area contributed by atoms with E-state index in [2.05, 4.69) is 4.98 Å². The van der Waals surface area contributed by atoms with Gasteiger partial charge in [-0.3, -0.25) is 4.79 Å². The van der Waals surface area contributed by atoms with E-state index in [0.29, 0.717) is 12.5 Å². The molecular formula is C14H18ClNO3. The Kier molecular flexibility index (Phi) is 7.00. The van der Waals surface area contributed by atoms with Gasteiger partial charge in [0.05, 0.1) is 12.1 Å². The number of pyridine rings is 1. The summed E-state index contributed by atoms with van der Waals surface area (Å²) in [5.74, 6) is 1.43. The highest BCUT2D eigenvalue weighted by Gasteiger charge is 1.98. The minimum Gasteiger partial charge on any atom is -0.494 e. The number of aromatic nitrogens is 1. The van der Waals surface area contributed by atoms with Crippen LogP contribution in [0.2, 0.25) is 0 Å². The minimum absolute atomic E-state index is 0.100. The summed E-state index contributed by atoms with van der Waals surface area (Å²) in [4.78, 5) is 14.0. The Hall–Kier alpha value is -1.52. The number of fused-ring (bicyclic) bond motifs is 1. The Balaban J connectivity index is 0.000000861. The van der Waals surface area contributed by atoms with Crippen LogP contribution in [0.15, 0.2) is 35.1 Å². The maximum absolute atomic E-state index is 11.2. The summed E-state index contributed by atoms with van der Waals surface area (Å²) in [5.41, 5.74) is 0.698. The first-order valence-electron chi connectivity index (χ1n) is 6.06. The van der Waals surface area contributed by atoms with Crippen LogP contribution < -0.4 is 10.3 Å². The third-order valence-corrected chi connectivity index (χ3v) is 2.76. The maximum atomic E-state index is 11.2. The summed E-state index contributed by atoms with van der Waals surface area (Å²) < 4.78 is 5.58. The molecule has 0 bridgehead atoms. The lowest BCUT2D eigenvalue weighted by Crippen LogP contribution is -2.03. The molecule has 1 aromatic carbocycles. The summed E-state index contributed by atoms with van der Waals surface area (Å²) in [6.07, 6.45) is 1.89. The zero-order valence-corrected chi connectivity index (χ0v) is 11.6. The van der Waals surface area contributed by atoms with Crippen LogP contribution in [0.4, 0.5) is 0 Å². The van der Waals surface area contributed by atoms with Crippen LogP contribution in [-0.4, -0.2) is 29.7 Å². The van der Waals surface area contributed by atoms with E-state index < -0.39 is 0 Å². The molecule has 5 heteroatoms. The molecule has 0 aliphatic rings. The quantitative estimate of drug-likeness (QED) is 0.655. The van der Waals surface area contributed by atoms with Gasteiger partial charge >= 0.3 is 0 Å². The molecule has 4 nitrogen and oxygen atoms in total. The summed E-state index contributed by atoms with van der Waals surface area (Å²) in [5, 5.41) is 8.00. The second kappa shape index (κ2) is 8.56. The van der Waals surface area contributed by atoms with Gasteiger partial charge in [-0.1, -0.05) is 0 Å². The molecule has 0 aliphatic carbocycles. The molecule has 1 aromatic heterocycles. The smallest absolute Gasteiger partial charge is 0.248 e. The van der Waals surface area contributed by atoms with Gasteiger partial charge in [0.25, 0.3) is 0 Å². The van der Waals surface area contributed by atoms with Gasteiger partial charge in [0.1, 0.15) is 5.75 Å². The van der Waals surface area contributed by atoms with Gasteiger partial charge in [-0.25, -0.2) is 0 Å². The normalized spacial score (nSPS) is 9.84. The molecular weight excluding hydrogens is 266 g/mol. The average Bonchev–Trinajstić information content (AvgIpc) is 2.45. The fraction of sp³-hybridized carbons (Fsp3) is 0.357. The third kappa shape index (κ3) is 4.93.